The Kier molecular flexibility index (Phi) is 2.83. The average molecular weight is 157 g/mol. The smallest absolute Gasteiger partial charge is 0.0794 e. The van der Waals surface area contributed by atoms with Crippen molar-refractivity contribution < 1.29 is 5.11 Å². The van der Waals surface area contributed by atoms with E-state index in [1.54, 1.807) is 11.3 Å². The molecule has 3 heteroatoms. The van der Waals surface area contributed by atoms with Crippen molar-refractivity contribution in [2.24, 2.45) is 5.92 Å². The zero-order valence-corrected chi connectivity index (χ0v) is 6.77. The molecule has 0 bridgehead atoms. The molecule has 0 aliphatic heterocycles. The number of aliphatic hydroxyl groups is 1. The summed E-state index contributed by atoms with van der Waals surface area (Å²) in [6.07, 6.45) is 2.80. The van der Waals surface area contributed by atoms with Crippen molar-refractivity contribution in [1.82, 2.24) is 4.98 Å². The van der Waals surface area contributed by atoms with E-state index in [0.717, 1.165) is 6.42 Å². The molecular weight excluding hydrogens is 146 g/mol. The molecule has 2 nitrogen and oxygen atoms in total. The number of hydrogen-bond acceptors (Lipinski definition) is 3. The molecule has 0 aliphatic carbocycles. The molecule has 1 heterocycles. The van der Waals surface area contributed by atoms with Crippen LogP contribution in [0.5, 0.6) is 0 Å². The summed E-state index contributed by atoms with van der Waals surface area (Å²) in [6, 6.07) is 0. The fraction of sp³-hybridized carbons (Fsp3) is 0.571. The van der Waals surface area contributed by atoms with Crippen molar-refractivity contribution in [3.63, 3.8) is 0 Å². The van der Waals surface area contributed by atoms with Gasteiger partial charge in [0.05, 0.1) is 5.51 Å². The minimum atomic E-state index is 0.262. The van der Waals surface area contributed by atoms with E-state index >= 15 is 0 Å². The Labute approximate surface area is 64.5 Å². The van der Waals surface area contributed by atoms with Gasteiger partial charge >= 0.3 is 0 Å². The zero-order chi connectivity index (χ0) is 7.40. The van der Waals surface area contributed by atoms with Gasteiger partial charge < -0.3 is 5.11 Å². The Bertz CT molecular complexity index is 174. The molecule has 10 heavy (non-hydrogen) atoms. The monoisotopic (exact) mass is 157 g/mol. The molecule has 0 aromatic carbocycles. The summed E-state index contributed by atoms with van der Waals surface area (Å²) in [5.41, 5.74) is 1.82. The van der Waals surface area contributed by atoms with Gasteiger partial charge in [0.1, 0.15) is 0 Å². The third kappa shape index (κ3) is 2.08. The van der Waals surface area contributed by atoms with E-state index in [2.05, 4.69) is 4.98 Å². The number of nitrogens with zero attached hydrogens (tertiary/aromatic N) is 1. The summed E-state index contributed by atoms with van der Waals surface area (Å²) in [5.74, 6) is 0.362. The second-order valence-corrected chi connectivity index (χ2v) is 3.43. The molecule has 0 unspecified atom stereocenters. The van der Waals surface area contributed by atoms with Crippen LogP contribution in [0, 0.1) is 5.92 Å². The van der Waals surface area contributed by atoms with Gasteiger partial charge in [-0.2, -0.15) is 0 Å². The van der Waals surface area contributed by atoms with Crippen LogP contribution in [0.15, 0.2) is 11.7 Å². The molecule has 0 fully saturated rings. The van der Waals surface area contributed by atoms with Gasteiger partial charge in [0.25, 0.3) is 0 Å². The Balaban J connectivity index is 2.40. The molecule has 0 saturated carbocycles. The highest BCUT2D eigenvalue weighted by Crippen LogP contribution is 2.11. The number of hydrogen-bond donors (Lipinski definition) is 1. The van der Waals surface area contributed by atoms with Crippen molar-refractivity contribution in [1.29, 1.82) is 0 Å². The van der Waals surface area contributed by atoms with Crippen molar-refractivity contribution in [2.75, 3.05) is 6.61 Å². The van der Waals surface area contributed by atoms with E-state index in [9.17, 15) is 0 Å². The predicted octanol–water partition coefficient (Wildman–Crippen LogP) is 1.31. The highest BCUT2D eigenvalue weighted by molar-refractivity contribution is 7.09. The lowest BCUT2D eigenvalue weighted by Gasteiger charge is -2.02. The third-order valence-electron chi connectivity index (χ3n) is 1.34. The van der Waals surface area contributed by atoms with Crippen LogP contribution in [0.4, 0.5) is 0 Å². The van der Waals surface area contributed by atoms with Crippen LogP contribution in [0.1, 0.15) is 11.8 Å². The minimum Gasteiger partial charge on any atom is -0.396 e. The lowest BCUT2D eigenvalue weighted by molar-refractivity contribution is 0.237. The highest BCUT2D eigenvalue weighted by Gasteiger charge is 2.01. The zero-order valence-electron chi connectivity index (χ0n) is 5.95. The maximum atomic E-state index is 8.72. The molecule has 1 aromatic heterocycles. The van der Waals surface area contributed by atoms with E-state index in [1.807, 2.05) is 18.6 Å². The van der Waals surface area contributed by atoms with Crippen LogP contribution in [0.2, 0.25) is 0 Å². The first-order valence-electron chi connectivity index (χ1n) is 3.31. The Morgan fingerprint density at radius 1 is 1.80 bits per heavy atom. The molecule has 1 N–H and O–H groups in total. The van der Waals surface area contributed by atoms with Gasteiger partial charge in [-0.25, -0.2) is 0 Å². The molecule has 1 atom stereocenters. The number of rotatable bonds is 3. The van der Waals surface area contributed by atoms with Gasteiger partial charge in [0.15, 0.2) is 0 Å². The van der Waals surface area contributed by atoms with Gasteiger partial charge in [-0.1, -0.05) is 6.92 Å². The molecule has 0 spiro atoms. The number of thiazole rings is 1. The van der Waals surface area contributed by atoms with Gasteiger partial charge in [0.2, 0.25) is 0 Å². The van der Waals surface area contributed by atoms with Gasteiger partial charge in [-0.05, 0) is 12.3 Å². The van der Waals surface area contributed by atoms with Crippen LogP contribution in [-0.2, 0) is 6.42 Å². The van der Waals surface area contributed by atoms with E-state index in [0.29, 0.717) is 5.92 Å². The fourth-order valence-electron chi connectivity index (χ4n) is 0.751. The number of aromatic nitrogens is 1. The van der Waals surface area contributed by atoms with Crippen molar-refractivity contribution >= 4 is 11.3 Å². The standard InChI is InChI=1S/C7H11NOS/c1-6(4-9)2-7-3-8-5-10-7/h3,5-6,9H,2,4H2,1H3/t6-/m1/s1. The lowest BCUT2D eigenvalue weighted by atomic mass is 10.1. The molecule has 0 amide bonds. The van der Waals surface area contributed by atoms with Gasteiger partial charge in [-0.3, -0.25) is 4.98 Å². The fourth-order valence-corrected chi connectivity index (χ4v) is 1.51. The van der Waals surface area contributed by atoms with E-state index in [1.165, 1.54) is 4.88 Å². The van der Waals surface area contributed by atoms with Crippen LogP contribution in [0.3, 0.4) is 0 Å². The average Bonchev–Trinajstić information content (AvgIpc) is 2.40. The molecule has 1 rings (SSSR count). The summed E-state index contributed by atoms with van der Waals surface area (Å²) < 4.78 is 0. The largest absolute Gasteiger partial charge is 0.396 e. The van der Waals surface area contributed by atoms with Crippen LogP contribution in [0.25, 0.3) is 0 Å². The molecule has 0 saturated heterocycles. The van der Waals surface area contributed by atoms with Crippen molar-refractivity contribution in [2.45, 2.75) is 13.3 Å². The highest BCUT2D eigenvalue weighted by atomic mass is 32.1. The first kappa shape index (κ1) is 7.69. The normalized spacial score (nSPS) is 13.4. The van der Waals surface area contributed by atoms with Crippen molar-refractivity contribution in [3.8, 4) is 0 Å². The first-order chi connectivity index (χ1) is 4.83. The quantitative estimate of drug-likeness (QED) is 0.717. The molecule has 56 valence electrons. The van der Waals surface area contributed by atoms with E-state index in [4.69, 9.17) is 5.11 Å². The SMILES string of the molecule is C[C@@H](CO)Cc1cncs1. The van der Waals surface area contributed by atoms with Gasteiger partial charge in [-0.15, -0.1) is 11.3 Å². The lowest BCUT2D eigenvalue weighted by Crippen LogP contribution is -2.02. The summed E-state index contributed by atoms with van der Waals surface area (Å²) in [4.78, 5) is 5.20. The summed E-state index contributed by atoms with van der Waals surface area (Å²) in [6.45, 7) is 2.29. The second kappa shape index (κ2) is 3.68. The van der Waals surface area contributed by atoms with Crippen LogP contribution < -0.4 is 0 Å². The summed E-state index contributed by atoms with van der Waals surface area (Å²) in [5, 5.41) is 8.72. The second-order valence-electron chi connectivity index (χ2n) is 2.46. The van der Waals surface area contributed by atoms with Gasteiger partial charge in [0, 0.05) is 17.7 Å². The molecule has 0 radical (unpaired) electrons. The molecular formula is C7H11NOS. The summed E-state index contributed by atoms with van der Waals surface area (Å²) >= 11 is 1.64. The van der Waals surface area contributed by atoms with Crippen LogP contribution >= 0.6 is 11.3 Å². The molecule has 0 aliphatic rings. The topological polar surface area (TPSA) is 33.1 Å². The van der Waals surface area contributed by atoms with Crippen LogP contribution in [-0.4, -0.2) is 16.7 Å². The first-order valence-corrected chi connectivity index (χ1v) is 4.19. The summed E-state index contributed by atoms with van der Waals surface area (Å²) in [7, 11) is 0. The van der Waals surface area contributed by atoms with E-state index in [-0.39, 0.29) is 6.61 Å². The Morgan fingerprint density at radius 3 is 3.10 bits per heavy atom. The predicted molar refractivity (Wildman–Crippen MR) is 42.1 cm³/mol. The Morgan fingerprint density at radius 2 is 2.60 bits per heavy atom. The Hall–Kier alpha value is -0.410. The molecule has 1 aromatic rings. The maximum Gasteiger partial charge on any atom is 0.0794 e. The maximum absolute atomic E-state index is 8.72. The minimum absolute atomic E-state index is 0.262. The van der Waals surface area contributed by atoms with Crippen molar-refractivity contribution in [3.05, 3.63) is 16.6 Å². The number of aliphatic hydroxyl groups excluding tert-OH is 1. The third-order valence-corrected chi connectivity index (χ3v) is 2.15. The van der Waals surface area contributed by atoms with E-state index < -0.39 is 0 Å².